The van der Waals surface area contributed by atoms with Crippen LogP contribution in [0.3, 0.4) is 0 Å². The number of halogens is 1. The number of amides is 1. The molecule has 0 radical (unpaired) electrons. The van der Waals surface area contributed by atoms with Gasteiger partial charge in [0.15, 0.2) is 0 Å². The number of anilines is 1. The fourth-order valence-corrected chi connectivity index (χ4v) is 2.80. The summed E-state index contributed by atoms with van der Waals surface area (Å²) in [5.41, 5.74) is 2.45. The topological polar surface area (TPSA) is 49.3 Å². The number of hydrogen-bond acceptors (Lipinski definition) is 2. The molecule has 0 aliphatic heterocycles. The maximum absolute atomic E-state index is 12.6. The molecule has 0 unspecified atom stereocenters. The van der Waals surface area contributed by atoms with Crippen molar-refractivity contribution in [2.24, 2.45) is 0 Å². The standard InChI is InChI=1S/C18H18ClNO2/c19-15-5-3-14(4-6-15)18(10-11-18)17(22)20-16-7-1-13(2-8-16)9-12-21/h1-8,21H,9-12H2,(H,20,22). The maximum atomic E-state index is 12.6. The van der Waals surface area contributed by atoms with E-state index in [-0.39, 0.29) is 12.5 Å². The third-order valence-electron chi connectivity index (χ3n) is 4.19. The lowest BCUT2D eigenvalue weighted by atomic mass is 9.95. The first-order valence-corrected chi connectivity index (χ1v) is 7.79. The summed E-state index contributed by atoms with van der Waals surface area (Å²) < 4.78 is 0. The van der Waals surface area contributed by atoms with Crippen LogP contribution in [0.15, 0.2) is 48.5 Å². The zero-order valence-electron chi connectivity index (χ0n) is 12.2. The van der Waals surface area contributed by atoms with E-state index >= 15 is 0 Å². The van der Waals surface area contributed by atoms with Gasteiger partial charge in [0.1, 0.15) is 0 Å². The number of carbonyl (C=O) groups excluding carboxylic acids is 1. The molecular weight excluding hydrogens is 298 g/mol. The van der Waals surface area contributed by atoms with Crippen LogP contribution < -0.4 is 5.32 Å². The minimum absolute atomic E-state index is 0.0322. The summed E-state index contributed by atoms with van der Waals surface area (Å²) in [5.74, 6) is 0.0322. The van der Waals surface area contributed by atoms with E-state index in [2.05, 4.69) is 5.32 Å². The van der Waals surface area contributed by atoms with Gasteiger partial charge in [0.25, 0.3) is 0 Å². The minimum Gasteiger partial charge on any atom is -0.396 e. The van der Waals surface area contributed by atoms with Gasteiger partial charge in [0.2, 0.25) is 5.91 Å². The summed E-state index contributed by atoms with van der Waals surface area (Å²) in [5, 5.41) is 12.6. The van der Waals surface area contributed by atoms with Crippen LogP contribution in [0.25, 0.3) is 0 Å². The van der Waals surface area contributed by atoms with Gasteiger partial charge < -0.3 is 10.4 Å². The lowest BCUT2D eigenvalue weighted by molar-refractivity contribution is -0.118. The largest absolute Gasteiger partial charge is 0.396 e. The van der Waals surface area contributed by atoms with Crippen LogP contribution in [-0.4, -0.2) is 17.6 Å². The predicted octanol–water partition coefficient (Wildman–Crippen LogP) is 3.55. The summed E-state index contributed by atoms with van der Waals surface area (Å²) in [6, 6.07) is 15.1. The molecule has 1 fully saturated rings. The van der Waals surface area contributed by atoms with E-state index in [0.29, 0.717) is 11.4 Å². The molecule has 114 valence electrons. The molecule has 0 spiro atoms. The van der Waals surface area contributed by atoms with Crippen molar-refractivity contribution in [1.82, 2.24) is 0 Å². The monoisotopic (exact) mass is 315 g/mol. The predicted molar refractivity (Wildman–Crippen MR) is 88.2 cm³/mol. The van der Waals surface area contributed by atoms with Crippen molar-refractivity contribution in [1.29, 1.82) is 0 Å². The van der Waals surface area contributed by atoms with Gasteiger partial charge in [-0.1, -0.05) is 35.9 Å². The number of hydrogen-bond donors (Lipinski definition) is 2. The first-order chi connectivity index (χ1) is 10.6. The van der Waals surface area contributed by atoms with Gasteiger partial charge >= 0.3 is 0 Å². The van der Waals surface area contributed by atoms with Gasteiger partial charge in [-0.3, -0.25) is 4.79 Å². The second-order valence-corrected chi connectivity index (χ2v) is 6.15. The first kappa shape index (κ1) is 15.1. The molecule has 0 heterocycles. The highest BCUT2D eigenvalue weighted by molar-refractivity contribution is 6.30. The van der Waals surface area contributed by atoms with Gasteiger partial charge in [0, 0.05) is 17.3 Å². The number of aliphatic hydroxyl groups is 1. The second kappa shape index (κ2) is 6.11. The third kappa shape index (κ3) is 3.01. The fourth-order valence-electron chi connectivity index (χ4n) is 2.68. The van der Waals surface area contributed by atoms with Crippen molar-refractivity contribution in [2.45, 2.75) is 24.7 Å². The first-order valence-electron chi connectivity index (χ1n) is 7.41. The van der Waals surface area contributed by atoms with Crippen LogP contribution in [0.5, 0.6) is 0 Å². The molecule has 3 rings (SSSR count). The molecule has 0 aromatic heterocycles. The number of benzene rings is 2. The van der Waals surface area contributed by atoms with Crippen LogP contribution in [0, 0.1) is 0 Å². The normalized spacial score (nSPS) is 15.4. The van der Waals surface area contributed by atoms with E-state index in [1.165, 1.54) is 0 Å². The van der Waals surface area contributed by atoms with Crippen molar-refractivity contribution in [3.05, 3.63) is 64.7 Å². The molecule has 1 saturated carbocycles. The van der Waals surface area contributed by atoms with E-state index in [1.54, 1.807) is 0 Å². The summed E-state index contributed by atoms with van der Waals surface area (Å²) in [6.45, 7) is 0.130. The van der Waals surface area contributed by atoms with E-state index in [1.807, 2.05) is 48.5 Å². The SMILES string of the molecule is O=C(Nc1ccc(CCO)cc1)C1(c2ccc(Cl)cc2)CC1. The van der Waals surface area contributed by atoms with Gasteiger partial charge in [-0.15, -0.1) is 0 Å². The molecule has 1 aliphatic rings. The fraction of sp³-hybridized carbons (Fsp3) is 0.278. The van der Waals surface area contributed by atoms with Crippen LogP contribution in [0.2, 0.25) is 5.02 Å². The number of carbonyl (C=O) groups is 1. The Hall–Kier alpha value is -1.84. The Bertz CT molecular complexity index is 660. The maximum Gasteiger partial charge on any atom is 0.235 e. The second-order valence-electron chi connectivity index (χ2n) is 5.71. The lowest BCUT2D eigenvalue weighted by Crippen LogP contribution is -2.27. The average Bonchev–Trinajstić information content (AvgIpc) is 3.32. The summed E-state index contributed by atoms with van der Waals surface area (Å²) >= 11 is 5.91. The molecule has 4 heteroatoms. The molecule has 1 amide bonds. The molecule has 0 bridgehead atoms. The summed E-state index contributed by atoms with van der Waals surface area (Å²) in [4.78, 5) is 12.6. The zero-order valence-corrected chi connectivity index (χ0v) is 12.9. The van der Waals surface area contributed by atoms with Gasteiger partial charge in [-0.2, -0.15) is 0 Å². The van der Waals surface area contributed by atoms with Crippen LogP contribution in [0.4, 0.5) is 5.69 Å². The Kier molecular flexibility index (Phi) is 4.19. The van der Waals surface area contributed by atoms with Crippen molar-refractivity contribution < 1.29 is 9.90 Å². The van der Waals surface area contributed by atoms with Crippen molar-refractivity contribution in [3.8, 4) is 0 Å². The molecule has 0 atom stereocenters. The number of rotatable bonds is 5. The van der Waals surface area contributed by atoms with E-state index in [0.717, 1.165) is 29.7 Å². The Morgan fingerprint density at radius 1 is 1.09 bits per heavy atom. The quantitative estimate of drug-likeness (QED) is 0.886. The van der Waals surface area contributed by atoms with Crippen molar-refractivity contribution in [2.75, 3.05) is 11.9 Å². The molecular formula is C18H18ClNO2. The lowest BCUT2D eigenvalue weighted by Gasteiger charge is -2.16. The van der Waals surface area contributed by atoms with Gasteiger partial charge in [-0.05, 0) is 54.7 Å². The van der Waals surface area contributed by atoms with Crippen LogP contribution in [-0.2, 0) is 16.6 Å². The zero-order chi connectivity index (χ0) is 15.6. The molecule has 1 aliphatic carbocycles. The van der Waals surface area contributed by atoms with E-state index < -0.39 is 5.41 Å². The molecule has 2 N–H and O–H groups in total. The number of aliphatic hydroxyl groups excluding tert-OH is 1. The number of nitrogens with one attached hydrogen (secondary N) is 1. The molecule has 2 aromatic rings. The average molecular weight is 316 g/mol. The van der Waals surface area contributed by atoms with Crippen molar-refractivity contribution >= 4 is 23.2 Å². The highest BCUT2D eigenvalue weighted by Crippen LogP contribution is 2.49. The van der Waals surface area contributed by atoms with E-state index in [9.17, 15) is 4.79 Å². The van der Waals surface area contributed by atoms with Gasteiger partial charge in [0.05, 0.1) is 5.41 Å². The minimum atomic E-state index is -0.408. The Balaban J connectivity index is 1.72. The van der Waals surface area contributed by atoms with Crippen LogP contribution >= 0.6 is 11.6 Å². The molecule has 2 aromatic carbocycles. The van der Waals surface area contributed by atoms with E-state index in [4.69, 9.17) is 16.7 Å². The highest BCUT2D eigenvalue weighted by atomic mass is 35.5. The van der Waals surface area contributed by atoms with Crippen molar-refractivity contribution in [3.63, 3.8) is 0 Å². The van der Waals surface area contributed by atoms with Crippen LogP contribution in [0.1, 0.15) is 24.0 Å². The smallest absolute Gasteiger partial charge is 0.235 e. The molecule has 3 nitrogen and oxygen atoms in total. The Morgan fingerprint density at radius 2 is 1.73 bits per heavy atom. The molecule has 0 saturated heterocycles. The summed E-state index contributed by atoms with van der Waals surface area (Å²) in [7, 11) is 0. The molecule has 22 heavy (non-hydrogen) atoms. The Morgan fingerprint density at radius 3 is 2.27 bits per heavy atom. The van der Waals surface area contributed by atoms with Gasteiger partial charge in [-0.25, -0.2) is 0 Å². The highest BCUT2D eigenvalue weighted by Gasteiger charge is 2.51. The summed E-state index contributed by atoms with van der Waals surface area (Å²) in [6.07, 6.45) is 2.36. The third-order valence-corrected chi connectivity index (χ3v) is 4.45. The Labute approximate surface area is 134 Å².